The Morgan fingerprint density at radius 3 is 2.37 bits per heavy atom. The monoisotopic (exact) mass is 449 g/mol. The molecular weight excluding hydrogens is 428 g/mol. The van der Waals surface area contributed by atoms with Crippen molar-refractivity contribution in [2.24, 2.45) is 0 Å². The molecule has 0 amide bonds. The highest BCUT2D eigenvalue weighted by Crippen LogP contribution is 2.27. The summed E-state index contributed by atoms with van der Waals surface area (Å²) >= 11 is 1.52. The Balaban J connectivity index is 1.43. The summed E-state index contributed by atoms with van der Waals surface area (Å²) in [6, 6.07) is 11.3. The smallest absolute Gasteiger partial charge is 0.249 e. The number of aryl methyl sites for hydroxylation is 1. The summed E-state index contributed by atoms with van der Waals surface area (Å²) in [7, 11) is -4.23. The number of hydrogen-bond acceptors (Lipinski definition) is 5. The molecule has 0 N–H and O–H groups in total. The zero-order valence-corrected chi connectivity index (χ0v) is 18.0. The summed E-state index contributed by atoms with van der Waals surface area (Å²) in [6.07, 6.45) is 0.735. The summed E-state index contributed by atoms with van der Waals surface area (Å²) in [5.41, 5.74) is 3.35. The van der Waals surface area contributed by atoms with Gasteiger partial charge in [-0.1, -0.05) is 35.9 Å². The van der Waals surface area contributed by atoms with Gasteiger partial charge in [0.05, 0.1) is 5.69 Å². The number of aromatic nitrogens is 1. The number of hydrogen-bond donors (Lipinski definition) is 0. The van der Waals surface area contributed by atoms with Crippen LogP contribution in [0.1, 0.15) is 16.8 Å². The molecule has 0 radical (unpaired) electrons. The van der Waals surface area contributed by atoms with Crippen molar-refractivity contribution in [3.8, 4) is 0 Å². The Morgan fingerprint density at radius 2 is 1.70 bits per heavy atom. The van der Waals surface area contributed by atoms with E-state index < -0.39 is 26.6 Å². The average molecular weight is 450 g/mol. The number of halogens is 2. The van der Waals surface area contributed by atoms with Gasteiger partial charge in [-0.3, -0.25) is 0 Å². The van der Waals surface area contributed by atoms with Crippen LogP contribution in [-0.2, 0) is 16.4 Å². The Labute approximate surface area is 178 Å². The fourth-order valence-corrected chi connectivity index (χ4v) is 5.94. The van der Waals surface area contributed by atoms with Crippen LogP contribution in [0.5, 0.6) is 0 Å². The van der Waals surface area contributed by atoms with Crippen LogP contribution in [-0.4, -0.2) is 43.9 Å². The van der Waals surface area contributed by atoms with Crippen LogP contribution >= 0.6 is 11.3 Å². The van der Waals surface area contributed by atoms with E-state index in [0.717, 1.165) is 39.8 Å². The molecule has 5 nitrogen and oxygen atoms in total. The molecule has 0 saturated carbocycles. The molecule has 158 valence electrons. The summed E-state index contributed by atoms with van der Waals surface area (Å²) in [6.45, 7) is 3.15. The summed E-state index contributed by atoms with van der Waals surface area (Å²) in [4.78, 5) is 5.82. The third kappa shape index (κ3) is 4.23. The second kappa shape index (κ2) is 8.41. The molecule has 2 aromatic carbocycles. The quantitative estimate of drug-likeness (QED) is 0.594. The van der Waals surface area contributed by atoms with Crippen LogP contribution in [0.2, 0.25) is 0 Å². The van der Waals surface area contributed by atoms with Crippen LogP contribution in [0.3, 0.4) is 0 Å². The highest BCUT2D eigenvalue weighted by atomic mass is 32.2. The first-order valence-electron chi connectivity index (χ1n) is 9.53. The Bertz CT molecular complexity index is 1140. The standard InChI is InChI=1S/C21H21F2N3O2S2/c1-15-4-2-5-16(12-15)13-17-14-29-21(24-17)25-8-10-26(11-9-25)30(27,28)20-18(22)6-3-7-19(20)23/h2-7,12,14H,8-11,13H2,1H3. The second-order valence-corrected chi connectivity index (χ2v) is 9.94. The van der Waals surface area contributed by atoms with Gasteiger partial charge in [-0.15, -0.1) is 11.3 Å². The summed E-state index contributed by atoms with van der Waals surface area (Å²) < 4.78 is 54.5. The van der Waals surface area contributed by atoms with Gasteiger partial charge >= 0.3 is 0 Å². The third-order valence-electron chi connectivity index (χ3n) is 5.03. The van der Waals surface area contributed by atoms with Gasteiger partial charge in [-0.05, 0) is 24.6 Å². The van der Waals surface area contributed by atoms with E-state index in [4.69, 9.17) is 0 Å². The molecule has 0 unspecified atom stereocenters. The van der Waals surface area contributed by atoms with Gasteiger partial charge in [0.1, 0.15) is 11.6 Å². The average Bonchev–Trinajstić information content (AvgIpc) is 3.16. The van der Waals surface area contributed by atoms with Crippen molar-refractivity contribution in [2.75, 3.05) is 31.1 Å². The van der Waals surface area contributed by atoms with E-state index in [0.29, 0.717) is 13.1 Å². The van der Waals surface area contributed by atoms with E-state index in [1.54, 1.807) is 0 Å². The molecule has 1 aromatic heterocycles. The maximum absolute atomic E-state index is 14.0. The van der Waals surface area contributed by atoms with Gasteiger partial charge in [0.2, 0.25) is 10.0 Å². The largest absolute Gasteiger partial charge is 0.345 e. The number of benzene rings is 2. The zero-order chi connectivity index (χ0) is 21.3. The molecule has 3 aromatic rings. The van der Waals surface area contributed by atoms with Crippen molar-refractivity contribution >= 4 is 26.5 Å². The minimum absolute atomic E-state index is 0.142. The highest BCUT2D eigenvalue weighted by molar-refractivity contribution is 7.89. The third-order valence-corrected chi connectivity index (χ3v) is 7.93. The van der Waals surface area contributed by atoms with E-state index in [1.807, 2.05) is 16.3 Å². The lowest BCUT2D eigenvalue weighted by Gasteiger charge is -2.33. The molecule has 2 heterocycles. The van der Waals surface area contributed by atoms with Gasteiger partial charge in [0.15, 0.2) is 10.0 Å². The maximum Gasteiger partial charge on any atom is 0.249 e. The summed E-state index contributed by atoms with van der Waals surface area (Å²) in [5, 5.41) is 2.84. The Hall–Kier alpha value is -2.36. The van der Waals surface area contributed by atoms with Crippen molar-refractivity contribution < 1.29 is 17.2 Å². The molecule has 9 heteroatoms. The Kier molecular flexibility index (Phi) is 5.86. The molecule has 1 saturated heterocycles. The van der Waals surface area contributed by atoms with Crippen molar-refractivity contribution in [1.82, 2.24) is 9.29 Å². The van der Waals surface area contributed by atoms with Gasteiger partial charge < -0.3 is 4.90 Å². The molecule has 30 heavy (non-hydrogen) atoms. The normalized spacial score (nSPS) is 15.5. The fraction of sp³-hybridized carbons (Fsp3) is 0.286. The molecule has 1 fully saturated rings. The zero-order valence-electron chi connectivity index (χ0n) is 16.4. The Morgan fingerprint density at radius 1 is 1.03 bits per heavy atom. The lowest BCUT2D eigenvalue weighted by atomic mass is 10.1. The van der Waals surface area contributed by atoms with Crippen molar-refractivity contribution in [3.63, 3.8) is 0 Å². The maximum atomic E-state index is 14.0. The lowest BCUT2D eigenvalue weighted by molar-refractivity contribution is 0.378. The van der Waals surface area contributed by atoms with Gasteiger partial charge in [-0.2, -0.15) is 4.31 Å². The number of sulfonamides is 1. The van der Waals surface area contributed by atoms with Crippen molar-refractivity contribution in [3.05, 3.63) is 76.3 Å². The number of rotatable bonds is 5. The lowest BCUT2D eigenvalue weighted by Crippen LogP contribution is -2.49. The molecule has 0 atom stereocenters. The molecule has 0 aliphatic carbocycles. The molecule has 0 spiro atoms. The SMILES string of the molecule is Cc1cccc(Cc2csc(N3CCN(S(=O)(=O)c4c(F)cccc4F)CC3)n2)c1. The number of anilines is 1. The number of thiazole rings is 1. The molecular formula is C21H21F2N3O2S2. The van der Waals surface area contributed by atoms with E-state index in [-0.39, 0.29) is 13.1 Å². The van der Waals surface area contributed by atoms with Crippen LogP contribution in [0, 0.1) is 18.6 Å². The predicted octanol–water partition coefficient (Wildman–Crippen LogP) is 3.83. The first kappa shape index (κ1) is 20.9. The van der Waals surface area contributed by atoms with Gasteiger partial charge in [0.25, 0.3) is 0 Å². The van der Waals surface area contributed by atoms with Crippen LogP contribution in [0.15, 0.2) is 52.7 Å². The second-order valence-electron chi connectivity index (χ2n) is 7.23. The van der Waals surface area contributed by atoms with E-state index in [9.17, 15) is 17.2 Å². The van der Waals surface area contributed by atoms with Crippen molar-refractivity contribution in [1.29, 1.82) is 0 Å². The highest BCUT2D eigenvalue weighted by Gasteiger charge is 2.33. The predicted molar refractivity (Wildman–Crippen MR) is 113 cm³/mol. The summed E-state index contributed by atoms with van der Waals surface area (Å²) in [5.74, 6) is -2.14. The van der Waals surface area contributed by atoms with Gasteiger partial charge in [0, 0.05) is 38.0 Å². The minimum Gasteiger partial charge on any atom is -0.345 e. The fourth-order valence-electron chi connectivity index (χ4n) is 3.53. The van der Waals surface area contributed by atoms with E-state index >= 15 is 0 Å². The number of piperazine rings is 1. The van der Waals surface area contributed by atoms with E-state index in [2.05, 4.69) is 30.1 Å². The van der Waals surface area contributed by atoms with Crippen molar-refractivity contribution in [2.45, 2.75) is 18.2 Å². The minimum atomic E-state index is -4.23. The first-order valence-corrected chi connectivity index (χ1v) is 11.9. The molecule has 4 rings (SSSR count). The van der Waals surface area contributed by atoms with Crippen LogP contribution in [0.4, 0.5) is 13.9 Å². The molecule has 1 aliphatic rings. The van der Waals surface area contributed by atoms with Gasteiger partial charge in [-0.25, -0.2) is 22.2 Å². The molecule has 0 bridgehead atoms. The van der Waals surface area contributed by atoms with Crippen LogP contribution in [0.25, 0.3) is 0 Å². The number of nitrogens with zero attached hydrogens (tertiary/aromatic N) is 3. The van der Waals surface area contributed by atoms with Crippen LogP contribution < -0.4 is 4.90 Å². The topological polar surface area (TPSA) is 53.5 Å². The first-order chi connectivity index (χ1) is 14.3. The van der Waals surface area contributed by atoms with E-state index in [1.165, 1.54) is 22.5 Å². The molecule has 1 aliphatic heterocycles.